The Labute approximate surface area is 152 Å². The van der Waals surface area contributed by atoms with E-state index in [1.807, 2.05) is 6.92 Å². The molecule has 26 heavy (non-hydrogen) atoms. The van der Waals surface area contributed by atoms with E-state index in [-0.39, 0.29) is 23.6 Å². The summed E-state index contributed by atoms with van der Waals surface area (Å²) in [6.07, 6.45) is 1.36. The lowest BCUT2D eigenvalue weighted by Gasteiger charge is -2.32. The van der Waals surface area contributed by atoms with Crippen LogP contribution in [0.2, 0.25) is 0 Å². The predicted octanol–water partition coefficient (Wildman–Crippen LogP) is 2.95. The highest BCUT2D eigenvalue weighted by atomic mass is 16.3. The Bertz CT molecular complexity index is 832. The smallest absolute Gasteiger partial charge is 0.257 e. The van der Waals surface area contributed by atoms with E-state index < -0.39 is 0 Å². The number of aromatic hydroxyl groups is 1. The van der Waals surface area contributed by atoms with Crippen LogP contribution < -0.4 is 5.32 Å². The average Bonchev–Trinajstić information content (AvgIpc) is 2.96. The van der Waals surface area contributed by atoms with Gasteiger partial charge in [-0.1, -0.05) is 12.1 Å². The van der Waals surface area contributed by atoms with Crippen molar-refractivity contribution in [1.29, 1.82) is 0 Å². The molecule has 2 aromatic rings. The molecule has 0 bridgehead atoms. The summed E-state index contributed by atoms with van der Waals surface area (Å²) in [7, 11) is 0. The fourth-order valence-electron chi connectivity index (χ4n) is 3.35. The number of phenolic OH excluding ortho intramolecular Hbond substituents is 1. The second-order valence-electron chi connectivity index (χ2n) is 6.84. The molecule has 0 radical (unpaired) electrons. The first-order valence-electron chi connectivity index (χ1n) is 8.82. The van der Waals surface area contributed by atoms with Crippen LogP contribution in [0.4, 0.5) is 0 Å². The maximum Gasteiger partial charge on any atom is 0.257 e. The Morgan fingerprint density at radius 1 is 1.15 bits per heavy atom. The van der Waals surface area contributed by atoms with Crippen LogP contribution in [0.5, 0.6) is 5.75 Å². The maximum absolute atomic E-state index is 12.6. The summed E-state index contributed by atoms with van der Waals surface area (Å²) in [6.45, 7) is 6.45. The van der Waals surface area contributed by atoms with Crippen molar-refractivity contribution in [2.45, 2.75) is 39.7 Å². The number of aryl methyl sites for hydroxylation is 3. The van der Waals surface area contributed by atoms with Gasteiger partial charge in [0, 0.05) is 19.1 Å². The monoisotopic (exact) mass is 356 g/mol. The van der Waals surface area contributed by atoms with E-state index in [9.17, 15) is 14.7 Å². The average molecular weight is 356 g/mol. The number of nitrogens with zero attached hydrogens (tertiary/aromatic N) is 1. The summed E-state index contributed by atoms with van der Waals surface area (Å²) in [5.41, 5.74) is 1.58. The number of hydrogen-bond donors (Lipinski definition) is 2. The van der Waals surface area contributed by atoms with Crippen molar-refractivity contribution in [3.63, 3.8) is 0 Å². The van der Waals surface area contributed by atoms with E-state index in [4.69, 9.17) is 4.42 Å². The third kappa shape index (κ3) is 3.59. The van der Waals surface area contributed by atoms with E-state index in [1.165, 1.54) is 0 Å². The van der Waals surface area contributed by atoms with Crippen LogP contribution in [0.15, 0.2) is 28.7 Å². The summed E-state index contributed by atoms with van der Waals surface area (Å²) in [5.74, 6) is 1.06. The molecule has 0 unspecified atom stereocenters. The lowest BCUT2D eigenvalue weighted by Crippen LogP contribution is -2.46. The zero-order valence-electron chi connectivity index (χ0n) is 15.3. The minimum Gasteiger partial charge on any atom is -0.507 e. The number of piperidine rings is 1. The highest BCUT2D eigenvalue weighted by molar-refractivity contribution is 5.97. The second kappa shape index (κ2) is 7.23. The van der Waals surface area contributed by atoms with Crippen molar-refractivity contribution in [2.75, 3.05) is 13.1 Å². The fraction of sp³-hybridized carbons (Fsp3) is 0.400. The molecule has 1 aliphatic rings. The number of nitrogens with one attached hydrogen (secondary N) is 1. The van der Waals surface area contributed by atoms with Crippen molar-refractivity contribution in [1.82, 2.24) is 10.2 Å². The topological polar surface area (TPSA) is 82.8 Å². The van der Waals surface area contributed by atoms with Gasteiger partial charge in [0.1, 0.15) is 17.3 Å². The summed E-state index contributed by atoms with van der Waals surface area (Å²) in [6, 6.07) is 6.94. The highest BCUT2D eigenvalue weighted by Gasteiger charge is 2.27. The molecular formula is C20H24N2O4. The lowest BCUT2D eigenvalue weighted by atomic mass is 10.0. The Morgan fingerprint density at radius 2 is 1.85 bits per heavy atom. The molecule has 0 aliphatic carbocycles. The number of rotatable bonds is 3. The fourth-order valence-corrected chi connectivity index (χ4v) is 3.35. The molecular weight excluding hydrogens is 332 g/mol. The summed E-state index contributed by atoms with van der Waals surface area (Å²) >= 11 is 0. The Hall–Kier alpha value is -2.76. The lowest BCUT2D eigenvalue weighted by molar-refractivity contribution is 0.0695. The SMILES string of the molecule is Cc1cc(C(=O)NC2CCN(C(=O)c3cccc(C)c3O)CC2)c(C)o1. The Morgan fingerprint density at radius 3 is 2.46 bits per heavy atom. The zero-order valence-corrected chi connectivity index (χ0v) is 15.3. The number of furan rings is 1. The number of para-hydroxylation sites is 1. The van der Waals surface area contributed by atoms with Crippen molar-refractivity contribution < 1.29 is 19.1 Å². The van der Waals surface area contributed by atoms with E-state index >= 15 is 0 Å². The van der Waals surface area contributed by atoms with Crippen LogP contribution >= 0.6 is 0 Å². The summed E-state index contributed by atoms with van der Waals surface area (Å²) in [5, 5.41) is 13.1. The van der Waals surface area contributed by atoms with Crippen LogP contribution in [0.25, 0.3) is 0 Å². The Kier molecular flexibility index (Phi) is 5.02. The minimum atomic E-state index is -0.169. The van der Waals surface area contributed by atoms with Gasteiger partial charge in [0.15, 0.2) is 0 Å². The molecule has 138 valence electrons. The molecule has 1 fully saturated rings. The van der Waals surface area contributed by atoms with E-state index in [0.717, 1.165) is 0 Å². The molecule has 2 N–H and O–H groups in total. The third-order valence-electron chi connectivity index (χ3n) is 4.87. The van der Waals surface area contributed by atoms with E-state index in [1.54, 1.807) is 43.0 Å². The number of carbonyl (C=O) groups is 2. The van der Waals surface area contributed by atoms with Gasteiger partial charge >= 0.3 is 0 Å². The largest absolute Gasteiger partial charge is 0.507 e. The molecule has 1 aromatic carbocycles. The molecule has 2 heterocycles. The van der Waals surface area contributed by atoms with Gasteiger partial charge in [-0.2, -0.15) is 0 Å². The van der Waals surface area contributed by atoms with Crippen LogP contribution in [0.1, 0.15) is 50.6 Å². The third-order valence-corrected chi connectivity index (χ3v) is 4.87. The van der Waals surface area contributed by atoms with Gasteiger partial charge in [-0.15, -0.1) is 0 Å². The standard InChI is InChI=1S/C20H24N2O4/c1-12-5-4-6-16(18(12)23)20(25)22-9-7-15(8-10-22)21-19(24)17-11-13(2)26-14(17)3/h4-6,11,15,23H,7-10H2,1-3H3,(H,21,24). The summed E-state index contributed by atoms with van der Waals surface area (Å²) in [4.78, 5) is 26.7. The van der Waals surface area contributed by atoms with Crippen LogP contribution in [0, 0.1) is 20.8 Å². The van der Waals surface area contributed by atoms with Gasteiger partial charge in [-0.3, -0.25) is 9.59 Å². The molecule has 6 nitrogen and oxygen atoms in total. The van der Waals surface area contributed by atoms with Gasteiger partial charge in [-0.05, 0) is 51.3 Å². The second-order valence-corrected chi connectivity index (χ2v) is 6.84. The van der Waals surface area contributed by atoms with E-state index in [0.29, 0.717) is 54.1 Å². The quantitative estimate of drug-likeness (QED) is 0.886. The molecule has 0 saturated carbocycles. The first kappa shape index (κ1) is 18.0. The number of amides is 2. The van der Waals surface area contributed by atoms with Crippen molar-refractivity contribution in [2.24, 2.45) is 0 Å². The molecule has 1 aliphatic heterocycles. The number of benzene rings is 1. The molecule has 1 aromatic heterocycles. The molecule has 3 rings (SSSR count). The number of carbonyl (C=O) groups excluding carboxylic acids is 2. The van der Waals surface area contributed by atoms with Crippen LogP contribution in [-0.2, 0) is 0 Å². The van der Waals surface area contributed by atoms with Crippen LogP contribution in [0.3, 0.4) is 0 Å². The Balaban J connectivity index is 1.59. The molecule has 0 atom stereocenters. The van der Waals surface area contributed by atoms with Gasteiger partial charge in [-0.25, -0.2) is 0 Å². The first-order valence-corrected chi connectivity index (χ1v) is 8.82. The molecule has 0 spiro atoms. The molecule has 6 heteroatoms. The normalized spacial score (nSPS) is 15.1. The van der Waals surface area contributed by atoms with Crippen molar-refractivity contribution >= 4 is 11.8 Å². The van der Waals surface area contributed by atoms with Gasteiger partial charge in [0.05, 0.1) is 11.1 Å². The minimum absolute atomic E-state index is 0.0206. The van der Waals surface area contributed by atoms with Gasteiger partial charge < -0.3 is 19.7 Å². The first-order chi connectivity index (χ1) is 12.4. The number of phenols is 1. The van der Waals surface area contributed by atoms with E-state index in [2.05, 4.69) is 5.32 Å². The molecule has 1 saturated heterocycles. The predicted molar refractivity (Wildman–Crippen MR) is 97.4 cm³/mol. The molecule has 2 amide bonds. The zero-order chi connectivity index (χ0) is 18.8. The highest BCUT2D eigenvalue weighted by Crippen LogP contribution is 2.24. The maximum atomic E-state index is 12.6. The van der Waals surface area contributed by atoms with Gasteiger partial charge in [0.2, 0.25) is 0 Å². The van der Waals surface area contributed by atoms with Crippen molar-refractivity contribution in [3.8, 4) is 5.75 Å². The number of likely N-dealkylation sites (tertiary alicyclic amines) is 1. The van der Waals surface area contributed by atoms with Crippen molar-refractivity contribution in [3.05, 3.63) is 52.5 Å². The van der Waals surface area contributed by atoms with Crippen LogP contribution in [-0.4, -0.2) is 41.0 Å². The van der Waals surface area contributed by atoms with Gasteiger partial charge in [0.25, 0.3) is 11.8 Å². The summed E-state index contributed by atoms with van der Waals surface area (Å²) < 4.78 is 5.41. The number of hydrogen-bond acceptors (Lipinski definition) is 4.